The van der Waals surface area contributed by atoms with E-state index in [1.807, 2.05) is 17.0 Å². The highest BCUT2D eigenvalue weighted by molar-refractivity contribution is 6.10. The van der Waals surface area contributed by atoms with Crippen LogP contribution in [0.1, 0.15) is 67.9 Å². The highest BCUT2D eigenvalue weighted by Gasteiger charge is 2.31. The van der Waals surface area contributed by atoms with E-state index in [1.54, 1.807) is 32.8 Å². The van der Waals surface area contributed by atoms with Crippen molar-refractivity contribution in [1.29, 1.82) is 0 Å². The Morgan fingerprint density at radius 1 is 1.00 bits per heavy atom. The Labute approximate surface area is 319 Å². The fourth-order valence-corrected chi connectivity index (χ4v) is 6.49. The number of allylic oxidation sites excluding steroid dienone is 1. The number of guanidine groups is 1. The third-order valence-electron chi connectivity index (χ3n) is 9.16. The number of aromatic nitrogens is 2. The zero-order valence-corrected chi connectivity index (χ0v) is 31.6. The predicted molar refractivity (Wildman–Crippen MR) is 203 cm³/mol. The molecule has 0 bridgehead atoms. The first-order valence-corrected chi connectivity index (χ1v) is 18.4. The van der Waals surface area contributed by atoms with E-state index in [0.29, 0.717) is 68.9 Å². The number of nitrogens with two attached hydrogens (primary N) is 1. The van der Waals surface area contributed by atoms with Crippen LogP contribution in [-0.4, -0.2) is 107 Å². The van der Waals surface area contributed by atoms with Crippen molar-refractivity contribution in [3.8, 4) is 17.2 Å². The van der Waals surface area contributed by atoms with Gasteiger partial charge in [-0.3, -0.25) is 19.8 Å². The minimum absolute atomic E-state index is 0.0656. The molecule has 2 aromatic carbocycles. The van der Waals surface area contributed by atoms with Crippen molar-refractivity contribution in [1.82, 2.24) is 30.0 Å². The molecule has 1 fully saturated rings. The third-order valence-corrected chi connectivity index (χ3v) is 9.16. The van der Waals surface area contributed by atoms with E-state index < -0.39 is 29.4 Å². The molecule has 3 aliphatic rings. The fraction of sp³-hybridized carbons (Fsp3) is 0.436. The number of hydrogen-bond donors (Lipinski definition) is 2. The molecular weight excluding hydrogens is 711 g/mol. The summed E-state index contributed by atoms with van der Waals surface area (Å²) in [7, 11) is 1.57. The van der Waals surface area contributed by atoms with Gasteiger partial charge in [-0.2, -0.15) is 0 Å². The highest BCUT2D eigenvalue weighted by atomic mass is 19.1. The number of ether oxygens (including phenoxy) is 4. The van der Waals surface area contributed by atoms with Crippen molar-refractivity contribution in [2.75, 3.05) is 58.7 Å². The van der Waals surface area contributed by atoms with Crippen LogP contribution in [0, 0.1) is 5.82 Å². The summed E-state index contributed by atoms with van der Waals surface area (Å²) in [6.07, 6.45) is 7.67. The van der Waals surface area contributed by atoms with E-state index in [2.05, 4.69) is 26.3 Å². The Bertz CT molecular complexity index is 1960. The van der Waals surface area contributed by atoms with Gasteiger partial charge >= 0.3 is 12.1 Å². The topological polar surface area (TPSA) is 174 Å². The molecule has 3 aromatic rings. The highest BCUT2D eigenvalue weighted by Crippen LogP contribution is 2.46. The maximum atomic E-state index is 14.7. The number of halogens is 1. The SMILES string of the molecule is COc1c(OCCCN2CCN(C(=O)Oc3ccc(CC(=O)OC(C)(C)C)c(F)c3)CC2)ccc2c1N=C(NC(=O)c1cnc(N)nc1)N1CCCCC=C21. The molecule has 0 radical (unpaired) electrons. The molecule has 6 rings (SSSR count). The average molecular weight is 759 g/mol. The number of rotatable bonds is 10. The van der Waals surface area contributed by atoms with Crippen molar-refractivity contribution in [3.63, 3.8) is 0 Å². The maximum Gasteiger partial charge on any atom is 0.415 e. The van der Waals surface area contributed by atoms with E-state index in [-0.39, 0.29) is 29.2 Å². The summed E-state index contributed by atoms with van der Waals surface area (Å²) in [5.74, 6) is -0.0726. The molecule has 55 heavy (non-hydrogen) atoms. The lowest BCUT2D eigenvalue weighted by Crippen LogP contribution is -2.49. The zero-order chi connectivity index (χ0) is 39.1. The van der Waals surface area contributed by atoms with Gasteiger partial charge in [-0.05, 0) is 70.2 Å². The van der Waals surface area contributed by atoms with Crippen LogP contribution in [0.25, 0.3) is 5.70 Å². The first-order chi connectivity index (χ1) is 26.4. The van der Waals surface area contributed by atoms with Gasteiger partial charge in [0.15, 0.2) is 11.5 Å². The molecule has 0 aliphatic carbocycles. The van der Waals surface area contributed by atoms with Crippen LogP contribution < -0.4 is 25.3 Å². The van der Waals surface area contributed by atoms with Gasteiger partial charge in [0.05, 0.1) is 25.7 Å². The van der Waals surface area contributed by atoms with Crippen molar-refractivity contribution in [2.45, 2.75) is 58.5 Å². The first kappa shape index (κ1) is 38.9. The molecule has 3 aliphatic heterocycles. The molecule has 1 saturated heterocycles. The minimum atomic E-state index is -0.672. The van der Waals surface area contributed by atoms with Gasteiger partial charge in [0.25, 0.3) is 5.91 Å². The fourth-order valence-electron chi connectivity index (χ4n) is 6.49. The van der Waals surface area contributed by atoms with Crippen LogP contribution in [0.4, 0.5) is 20.8 Å². The molecule has 15 nitrogen and oxygen atoms in total. The lowest BCUT2D eigenvalue weighted by Gasteiger charge is -2.34. The van der Waals surface area contributed by atoms with Crippen LogP contribution in [0.3, 0.4) is 0 Å². The van der Waals surface area contributed by atoms with E-state index in [9.17, 15) is 18.8 Å². The second kappa shape index (κ2) is 17.1. The van der Waals surface area contributed by atoms with Gasteiger partial charge in [0.1, 0.15) is 22.9 Å². The van der Waals surface area contributed by atoms with E-state index in [1.165, 1.54) is 24.5 Å². The first-order valence-electron chi connectivity index (χ1n) is 18.4. The Hall–Kier alpha value is -5.77. The molecule has 0 unspecified atom stereocenters. The van der Waals surface area contributed by atoms with Gasteiger partial charge in [-0.15, -0.1) is 0 Å². The largest absolute Gasteiger partial charge is 0.491 e. The molecular formula is C39H47FN8O7. The summed E-state index contributed by atoms with van der Waals surface area (Å²) >= 11 is 0. The predicted octanol–water partition coefficient (Wildman–Crippen LogP) is 4.93. The summed E-state index contributed by atoms with van der Waals surface area (Å²) in [6.45, 7) is 9.24. The minimum Gasteiger partial charge on any atom is -0.491 e. The van der Waals surface area contributed by atoms with Crippen LogP contribution in [0.2, 0.25) is 0 Å². The molecule has 3 N–H and O–H groups in total. The molecule has 0 saturated carbocycles. The third kappa shape index (κ3) is 9.86. The summed E-state index contributed by atoms with van der Waals surface area (Å²) in [5.41, 5.74) is 7.74. The van der Waals surface area contributed by atoms with Crippen LogP contribution >= 0.6 is 0 Å². The number of piperazine rings is 1. The summed E-state index contributed by atoms with van der Waals surface area (Å²) in [4.78, 5) is 56.7. The van der Waals surface area contributed by atoms with Gasteiger partial charge in [-0.1, -0.05) is 12.1 Å². The quantitative estimate of drug-likeness (QED) is 0.211. The Morgan fingerprint density at radius 2 is 1.76 bits per heavy atom. The number of carbonyl (C=O) groups excluding carboxylic acids is 3. The maximum absolute atomic E-state index is 14.7. The van der Waals surface area contributed by atoms with E-state index >= 15 is 0 Å². The van der Waals surface area contributed by atoms with Gasteiger partial charge in [-0.25, -0.2) is 24.1 Å². The second-order valence-electron chi connectivity index (χ2n) is 14.4. The number of nitrogens with one attached hydrogen (secondary N) is 1. The van der Waals surface area contributed by atoms with Crippen LogP contribution in [0.5, 0.6) is 17.2 Å². The summed E-state index contributed by atoms with van der Waals surface area (Å²) in [5, 5.41) is 2.93. The molecule has 0 spiro atoms. The Morgan fingerprint density at radius 3 is 2.47 bits per heavy atom. The number of benzene rings is 2. The number of nitrogens with zero attached hydrogens (tertiary/aromatic N) is 6. The molecule has 2 amide bonds. The Kier molecular flexibility index (Phi) is 12.1. The number of aliphatic imine (C=N–C) groups is 1. The number of carbonyl (C=O) groups is 3. The molecule has 16 heteroatoms. The smallest absolute Gasteiger partial charge is 0.415 e. The van der Waals surface area contributed by atoms with Gasteiger partial charge in [0, 0.05) is 69.0 Å². The molecule has 4 heterocycles. The monoisotopic (exact) mass is 758 g/mol. The number of esters is 1. The lowest BCUT2D eigenvalue weighted by molar-refractivity contribution is -0.154. The molecule has 1 aromatic heterocycles. The number of amides is 2. The Balaban J connectivity index is 1.01. The van der Waals surface area contributed by atoms with Gasteiger partial charge < -0.3 is 34.5 Å². The van der Waals surface area contributed by atoms with Gasteiger partial charge in [0.2, 0.25) is 11.9 Å². The average Bonchev–Trinajstić information content (AvgIpc) is 3.41. The normalized spacial score (nSPS) is 15.8. The zero-order valence-electron chi connectivity index (χ0n) is 31.6. The number of anilines is 1. The van der Waals surface area contributed by atoms with Crippen molar-refractivity contribution < 1.29 is 37.7 Å². The number of methoxy groups -OCH3 is 1. The van der Waals surface area contributed by atoms with Crippen LogP contribution in [0.15, 0.2) is 53.8 Å². The van der Waals surface area contributed by atoms with Crippen molar-refractivity contribution >= 4 is 41.3 Å². The lowest BCUT2D eigenvalue weighted by atomic mass is 10.0. The second-order valence-corrected chi connectivity index (χ2v) is 14.4. The van der Waals surface area contributed by atoms with Crippen LogP contribution in [-0.2, 0) is 16.0 Å². The van der Waals surface area contributed by atoms with E-state index in [4.69, 9.17) is 29.7 Å². The number of fused-ring (bicyclic) bond motifs is 3. The molecule has 292 valence electrons. The van der Waals surface area contributed by atoms with Crippen molar-refractivity contribution in [2.24, 2.45) is 4.99 Å². The number of nitrogen functional groups attached to an aromatic ring is 1. The van der Waals surface area contributed by atoms with E-state index in [0.717, 1.165) is 43.1 Å². The van der Waals surface area contributed by atoms with Crippen molar-refractivity contribution in [3.05, 3.63) is 71.3 Å². The summed E-state index contributed by atoms with van der Waals surface area (Å²) < 4.78 is 37.5. The summed E-state index contributed by atoms with van der Waals surface area (Å²) in [6, 6.07) is 7.86. The standard InChI is InChI=1S/C39H47FN8O7/c1-39(2,3)55-32(49)21-25-10-11-27(22-29(25)40)54-38(51)47-18-16-46(17-19-47)14-8-20-53-31-13-12-28-30-9-6-5-7-15-48(30)37(44-33(28)34(31)52-4)45-35(50)26-23-42-36(41)43-24-26/h9-13,22-24H,5-8,14-21H2,1-4H3,(H2,41,42,43)(H,44,45,50). The molecule has 0 atom stereocenters. The number of hydrogen-bond acceptors (Lipinski definition) is 13.